The highest BCUT2D eigenvalue weighted by atomic mass is 35.5. The molecule has 0 aliphatic carbocycles. The van der Waals surface area contributed by atoms with Crippen molar-refractivity contribution in [3.63, 3.8) is 0 Å². The van der Waals surface area contributed by atoms with Gasteiger partial charge in [0, 0.05) is 24.2 Å². The van der Waals surface area contributed by atoms with Gasteiger partial charge in [0.05, 0.1) is 17.1 Å². The maximum absolute atomic E-state index is 14.4. The van der Waals surface area contributed by atoms with E-state index in [1.54, 1.807) is 42.6 Å². The molecule has 1 unspecified atom stereocenters. The number of rotatable bonds is 8. The number of guanidine groups is 1. The van der Waals surface area contributed by atoms with Crippen LogP contribution in [-0.4, -0.2) is 29.1 Å². The van der Waals surface area contributed by atoms with Gasteiger partial charge >= 0.3 is 0 Å². The van der Waals surface area contributed by atoms with Crippen molar-refractivity contribution in [2.45, 2.75) is 19.6 Å². The zero-order valence-corrected chi connectivity index (χ0v) is 17.9. The second-order valence-electron chi connectivity index (χ2n) is 6.29. The van der Waals surface area contributed by atoms with Crippen LogP contribution in [0.3, 0.4) is 0 Å². The van der Waals surface area contributed by atoms with Gasteiger partial charge in [-0.25, -0.2) is 9.38 Å². The quantitative estimate of drug-likeness (QED) is 0.349. The predicted molar refractivity (Wildman–Crippen MR) is 118 cm³/mol. The molecule has 0 saturated heterocycles. The molecule has 0 radical (unpaired) electrons. The van der Waals surface area contributed by atoms with Crippen molar-refractivity contribution < 1.29 is 14.2 Å². The van der Waals surface area contributed by atoms with Gasteiger partial charge in [0.15, 0.2) is 17.5 Å². The van der Waals surface area contributed by atoms with Crippen LogP contribution in [0.25, 0.3) is 0 Å². The number of aromatic nitrogens is 1. The van der Waals surface area contributed by atoms with E-state index in [0.29, 0.717) is 28.2 Å². The largest absolute Gasteiger partial charge is 0.453 e. The third-order valence-electron chi connectivity index (χ3n) is 4.01. The fraction of sp³-hybridized carbons (Fsp3) is 0.238. The van der Waals surface area contributed by atoms with E-state index < -0.39 is 11.9 Å². The summed E-state index contributed by atoms with van der Waals surface area (Å²) in [4.78, 5) is 9.17. The number of benzene rings is 1. The van der Waals surface area contributed by atoms with E-state index in [1.165, 1.54) is 23.6 Å². The lowest BCUT2D eigenvalue weighted by Gasteiger charge is -2.14. The maximum atomic E-state index is 14.4. The maximum Gasteiger partial charge on any atom is 0.191 e. The SMILES string of the molecule is CCNC(=NCc1ccc(Oc2cccnc2)c(F)c1)NCC(O)c1ccc(Cl)s1. The van der Waals surface area contributed by atoms with E-state index in [2.05, 4.69) is 20.6 Å². The van der Waals surface area contributed by atoms with Crippen LogP contribution in [0.15, 0.2) is 59.9 Å². The fourth-order valence-electron chi connectivity index (χ4n) is 2.57. The van der Waals surface area contributed by atoms with Crippen LogP contribution < -0.4 is 15.4 Å². The Kier molecular flexibility index (Phi) is 8.01. The first-order valence-electron chi connectivity index (χ1n) is 9.37. The van der Waals surface area contributed by atoms with Crippen LogP contribution in [0.2, 0.25) is 4.34 Å². The number of aliphatic imine (C=N–C) groups is 1. The van der Waals surface area contributed by atoms with Gasteiger partial charge in [0.2, 0.25) is 0 Å². The van der Waals surface area contributed by atoms with Crippen LogP contribution >= 0.6 is 22.9 Å². The Morgan fingerprint density at radius 3 is 2.83 bits per heavy atom. The van der Waals surface area contributed by atoms with Crippen LogP contribution in [0.4, 0.5) is 4.39 Å². The summed E-state index contributed by atoms with van der Waals surface area (Å²) < 4.78 is 20.5. The van der Waals surface area contributed by atoms with Gasteiger partial charge in [-0.1, -0.05) is 17.7 Å². The average molecular weight is 449 g/mol. The summed E-state index contributed by atoms with van der Waals surface area (Å²) in [6, 6.07) is 11.7. The minimum Gasteiger partial charge on any atom is -0.453 e. The van der Waals surface area contributed by atoms with Gasteiger partial charge < -0.3 is 20.5 Å². The van der Waals surface area contributed by atoms with Crippen molar-refractivity contribution in [3.05, 3.63) is 75.5 Å². The number of ether oxygens (including phenoxy) is 1. The highest BCUT2D eigenvalue weighted by molar-refractivity contribution is 7.16. The molecule has 0 aliphatic rings. The van der Waals surface area contributed by atoms with Gasteiger partial charge in [0.25, 0.3) is 0 Å². The Hall–Kier alpha value is -2.68. The molecule has 2 aromatic heterocycles. The van der Waals surface area contributed by atoms with Crippen molar-refractivity contribution in [2.24, 2.45) is 4.99 Å². The molecule has 3 N–H and O–H groups in total. The Morgan fingerprint density at radius 2 is 2.17 bits per heavy atom. The lowest BCUT2D eigenvalue weighted by Crippen LogP contribution is -2.39. The first-order chi connectivity index (χ1) is 14.5. The van der Waals surface area contributed by atoms with Gasteiger partial charge in [-0.15, -0.1) is 11.3 Å². The van der Waals surface area contributed by atoms with Gasteiger partial charge in [0.1, 0.15) is 11.9 Å². The van der Waals surface area contributed by atoms with Crippen molar-refractivity contribution in [1.29, 1.82) is 0 Å². The zero-order chi connectivity index (χ0) is 21.3. The fourth-order valence-corrected chi connectivity index (χ4v) is 3.62. The molecule has 0 amide bonds. The molecule has 0 bridgehead atoms. The van der Waals surface area contributed by atoms with E-state index in [-0.39, 0.29) is 18.8 Å². The number of hydrogen-bond donors (Lipinski definition) is 3. The Balaban J connectivity index is 1.60. The molecule has 1 aromatic carbocycles. The number of nitrogens with one attached hydrogen (secondary N) is 2. The number of pyridine rings is 1. The number of halogens is 2. The molecule has 0 fully saturated rings. The summed E-state index contributed by atoms with van der Waals surface area (Å²) in [5.74, 6) is 0.634. The zero-order valence-electron chi connectivity index (χ0n) is 16.3. The normalized spacial score (nSPS) is 12.5. The highest BCUT2D eigenvalue weighted by Gasteiger charge is 2.11. The van der Waals surface area contributed by atoms with E-state index in [0.717, 1.165) is 4.88 Å². The highest BCUT2D eigenvalue weighted by Crippen LogP contribution is 2.26. The lowest BCUT2D eigenvalue weighted by molar-refractivity contribution is 0.184. The molecule has 3 aromatic rings. The number of nitrogens with zero attached hydrogens (tertiary/aromatic N) is 2. The number of thiophene rings is 1. The number of aliphatic hydroxyl groups excluding tert-OH is 1. The van der Waals surface area contributed by atoms with Crippen LogP contribution in [-0.2, 0) is 6.54 Å². The number of aliphatic hydroxyl groups is 1. The summed E-state index contributed by atoms with van der Waals surface area (Å²) >= 11 is 7.24. The van der Waals surface area contributed by atoms with Crippen LogP contribution in [0.5, 0.6) is 11.5 Å². The molecular formula is C21H22ClFN4O2S. The van der Waals surface area contributed by atoms with E-state index in [4.69, 9.17) is 16.3 Å². The predicted octanol–water partition coefficient (Wildman–Crippen LogP) is 4.52. The summed E-state index contributed by atoms with van der Waals surface area (Å²) in [5, 5.41) is 16.5. The molecule has 0 aliphatic heterocycles. The monoisotopic (exact) mass is 448 g/mol. The molecule has 3 rings (SSSR count). The van der Waals surface area contributed by atoms with Crippen LogP contribution in [0, 0.1) is 5.82 Å². The third kappa shape index (κ3) is 6.41. The van der Waals surface area contributed by atoms with Crippen molar-refractivity contribution in [3.8, 4) is 11.5 Å². The van der Waals surface area contributed by atoms with Crippen molar-refractivity contribution >= 4 is 28.9 Å². The minimum absolute atomic E-state index is 0.124. The molecule has 2 heterocycles. The van der Waals surface area contributed by atoms with Gasteiger partial charge in [-0.3, -0.25) is 4.98 Å². The smallest absolute Gasteiger partial charge is 0.191 e. The van der Waals surface area contributed by atoms with E-state index in [1.807, 2.05) is 6.92 Å². The summed E-state index contributed by atoms with van der Waals surface area (Å²) in [6.45, 7) is 3.13. The first-order valence-corrected chi connectivity index (χ1v) is 10.6. The Bertz CT molecular complexity index is 984. The first kappa shape index (κ1) is 22.0. The third-order valence-corrected chi connectivity index (χ3v) is 5.34. The summed E-state index contributed by atoms with van der Waals surface area (Å²) in [5.41, 5.74) is 0.689. The van der Waals surface area contributed by atoms with Gasteiger partial charge in [-0.05, 0) is 48.9 Å². The molecule has 1 atom stereocenters. The topological polar surface area (TPSA) is 78.8 Å². The van der Waals surface area contributed by atoms with Crippen LogP contribution in [0.1, 0.15) is 23.5 Å². The van der Waals surface area contributed by atoms with Crippen molar-refractivity contribution in [2.75, 3.05) is 13.1 Å². The van der Waals surface area contributed by atoms with Gasteiger partial charge in [-0.2, -0.15) is 0 Å². The standard InChI is InChI=1S/C21H22ClFN4O2S/c1-2-25-21(27-13-17(28)19-7-8-20(22)30-19)26-11-14-5-6-18(16(23)10-14)29-15-4-3-9-24-12-15/h3-10,12,17,28H,2,11,13H2,1H3,(H2,25,26,27). The Morgan fingerprint density at radius 1 is 1.30 bits per heavy atom. The molecule has 30 heavy (non-hydrogen) atoms. The molecule has 0 saturated carbocycles. The summed E-state index contributed by atoms with van der Waals surface area (Å²) in [6.07, 6.45) is 2.44. The van der Waals surface area contributed by atoms with Crippen molar-refractivity contribution in [1.82, 2.24) is 15.6 Å². The summed E-state index contributed by atoms with van der Waals surface area (Å²) in [7, 11) is 0. The number of hydrogen-bond acceptors (Lipinski definition) is 5. The average Bonchev–Trinajstić information content (AvgIpc) is 3.19. The van der Waals surface area contributed by atoms with E-state index in [9.17, 15) is 9.50 Å². The molecule has 9 heteroatoms. The molecule has 0 spiro atoms. The second-order valence-corrected chi connectivity index (χ2v) is 8.04. The minimum atomic E-state index is -0.701. The molecular weight excluding hydrogens is 427 g/mol. The Labute approximate surface area is 183 Å². The van der Waals surface area contributed by atoms with E-state index >= 15 is 0 Å². The molecule has 158 valence electrons. The second kappa shape index (κ2) is 10.9. The molecule has 6 nitrogen and oxygen atoms in total. The lowest BCUT2D eigenvalue weighted by atomic mass is 10.2.